The van der Waals surface area contributed by atoms with Gasteiger partial charge < -0.3 is 5.21 Å². The van der Waals surface area contributed by atoms with Crippen molar-refractivity contribution in [3.05, 3.63) is 46.2 Å². The molecule has 21 heavy (non-hydrogen) atoms. The maximum Gasteiger partial charge on any atom is 0.212 e. The number of nitrogens with zero attached hydrogens (tertiary/aromatic N) is 4. The molecule has 108 valence electrons. The normalized spacial score (nSPS) is 12.2. The highest BCUT2D eigenvalue weighted by Gasteiger charge is 2.16. The third-order valence-corrected chi connectivity index (χ3v) is 5.40. The zero-order valence-corrected chi connectivity index (χ0v) is 13.4. The van der Waals surface area contributed by atoms with Gasteiger partial charge in [-0.25, -0.2) is 9.50 Å². The number of thiazole rings is 1. The first-order chi connectivity index (χ1) is 10.2. The monoisotopic (exact) mass is 338 g/mol. The molecule has 0 amide bonds. The molecule has 0 aliphatic heterocycles. The highest BCUT2D eigenvalue weighted by molar-refractivity contribution is 8.00. The fourth-order valence-electron chi connectivity index (χ4n) is 1.88. The summed E-state index contributed by atoms with van der Waals surface area (Å²) in [5.74, 6) is 0.558. The van der Waals surface area contributed by atoms with E-state index in [0.29, 0.717) is 16.5 Å². The van der Waals surface area contributed by atoms with Gasteiger partial charge in [0.05, 0.1) is 10.6 Å². The van der Waals surface area contributed by atoms with E-state index in [9.17, 15) is 5.21 Å². The number of thioether (sulfide) groups is 1. The number of aromatic nitrogens is 3. The van der Waals surface area contributed by atoms with Crippen molar-refractivity contribution in [2.75, 3.05) is 5.75 Å². The molecule has 0 unspecified atom stereocenters. The van der Waals surface area contributed by atoms with E-state index in [2.05, 4.69) is 15.2 Å². The molecule has 3 rings (SSSR count). The quantitative estimate of drug-likeness (QED) is 0.341. The lowest BCUT2D eigenvalue weighted by Gasteiger charge is -2.04. The Bertz CT molecular complexity index is 794. The Labute approximate surface area is 134 Å². The maximum absolute atomic E-state index is 9.30. The summed E-state index contributed by atoms with van der Waals surface area (Å²) in [6.45, 7) is 1.94. The Morgan fingerprint density at radius 1 is 1.43 bits per heavy atom. The molecule has 2 aromatic heterocycles. The maximum atomic E-state index is 9.30. The number of rotatable bonds is 4. The van der Waals surface area contributed by atoms with Crippen LogP contribution in [0.2, 0.25) is 5.02 Å². The largest absolute Gasteiger partial charge is 0.411 e. The van der Waals surface area contributed by atoms with Crippen LogP contribution >= 0.6 is 34.7 Å². The van der Waals surface area contributed by atoms with Crippen molar-refractivity contribution < 1.29 is 5.21 Å². The summed E-state index contributed by atoms with van der Waals surface area (Å²) in [6.07, 6.45) is 1.51. The Balaban J connectivity index is 1.80. The molecule has 0 spiro atoms. The van der Waals surface area contributed by atoms with Gasteiger partial charge in [0.2, 0.25) is 4.96 Å². The van der Waals surface area contributed by atoms with Gasteiger partial charge in [0, 0.05) is 15.7 Å². The lowest BCUT2D eigenvalue weighted by Crippen LogP contribution is -2.05. The van der Waals surface area contributed by atoms with E-state index in [0.717, 1.165) is 20.4 Å². The standard InChI is InChI=1S/C13H11ClN4OS2/c1-8-12(21-13-15-7-16-18(8)13)11(17-19)6-20-10-4-2-9(14)3-5-10/h2-5,7,19H,6H2,1H3/b17-11-. The summed E-state index contributed by atoms with van der Waals surface area (Å²) >= 11 is 8.91. The van der Waals surface area contributed by atoms with Crippen LogP contribution < -0.4 is 0 Å². The molecular formula is C13H11ClN4OS2. The highest BCUT2D eigenvalue weighted by Crippen LogP contribution is 2.26. The minimum absolute atomic E-state index is 0.558. The first-order valence-electron chi connectivity index (χ1n) is 6.08. The first kappa shape index (κ1) is 14.4. The molecule has 0 saturated heterocycles. The van der Waals surface area contributed by atoms with Gasteiger partial charge >= 0.3 is 0 Å². The average Bonchev–Trinajstić information content (AvgIpc) is 3.06. The molecule has 0 radical (unpaired) electrons. The Morgan fingerprint density at radius 3 is 2.86 bits per heavy atom. The van der Waals surface area contributed by atoms with Crippen molar-refractivity contribution in [3.8, 4) is 0 Å². The van der Waals surface area contributed by atoms with Crippen LogP contribution in [0.3, 0.4) is 0 Å². The number of benzene rings is 1. The highest BCUT2D eigenvalue weighted by atomic mass is 35.5. The molecule has 1 N–H and O–H groups in total. The van der Waals surface area contributed by atoms with Crippen molar-refractivity contribution in [3.63, 3.8) is 0 Å². The number of aryl methyl sites for hydroxylation is 1. The van der Waals surface area contributed by atoms with Gasteiger partial charge in [-0.3, -0.25) is 0 Å². The topological polar surface area (TPSA) is 62.8 Å². The van der Waals surface area contributed by atoms with E-state index in [1.165, 1.54) is 17.7 Å². The molecule has 0 bridgehead atoms. The molecule has 0 saturated carbocycles. The molecule has 0 fully saturated rings. The van der Waals surface area contributed by atoms with Crippen molar-refractivity contribution >= 4 is 45.4 Å². The van der Waals surface area contributed by atoms with E-state index in [4.69, 9.17) is 11.6 Å². The number of halogens is 1. The minimum Gasteiger partial charge on any atom is -0.411 e. The predicted molar refractivity (Wildman–Crippen MR) is 86.1 cm³/mol. The molecule has 0 aliphatic carbocycles. The van der Waals surface area contributed by atoms with Crippen LogP contribution in [0, 0.1) is 6.92 Å². The molecule has 1 aromatic carbocycles. The number of fused-ring (bicyclic) bond motifs is 1. The summed E-state index contributed by atoms with van der Waals surface area (Å²) in [4.78, 5) is 6.91. The third kappa shape index (κ3) is 2.90. The van der Waals surface area contributed by atoms with E-state index < -0.39 is 0 Å². The first-order valence-corrected chi connectivity index (χ1v) is 8.26. The van der Waals surface area contributed by atoms with E-state index in [1.807, 2.05) is 31.2 Å². The van der Waals surface area contributed by atoms with Gasteiger partial charge in [-0.05, 0) is 31.2 Å². The van der Waals surface area contributed by atoms with Crippen molar-refractivity contribution in [2.24, 2.45) is 5.16 Å². The Morgan fingerprint density at radius 2 is 2.19 bits per heavy atom. The van der Waals surface area contributed by atoms with Crippen molar-refractivity contribution in [1.82, 2.24) is 14.6 Å². The fraction of sp³-hybridized carbons (Fsp3) is 0.154. The van der Waals surface area contributed by atoms with Crippen LogP contribution in [0.5, 0.6) is 0 Å². The van der Waals surface area contributed by atoms with Gasteiger partial charge in [-0.1, -0.05) is 28.1 Å². The summed E-state index contributed by atoms with van der Waals surface area (Å²) < 4.78 is 1.75. The zero-order valence-electron chi connectivity index (χ0n) is 11.0. The summed E-state index contributed by atoms with van der Waals surface area (Å²) in [5, 5.41) is 17.6. The number of hydrogen-bond donors (Lipinski definition) is 1. The van der Waals surface area contributed by atoms with E-state index >= 15 is 0 Å². The Kier molecular flexibility index (Phi) is 4.14. The summed E-state index contributed by atoms with van der Waals surface area (Å²) in [6, 6.07) is 7.57. The molecule has 5 nitrogen and oxygen atoms in total. The predicted octanol–water partition coefficient (Wildman–Crippen LogP) is 3.72. The summed E-state index contributed by atoms with van der Waals surface area (Å²) in [5.41, 5.74) is 1.54. The van der Waals surface area contributed by atoms with Crippen LogP contribution in [-0.2, 0) is 0 Å². The van der Waals surface area contributed by atoms with Crippen molar-refractivity contribution in [1.29, 1.82) is 0 Å². The second kappa shape index (κ2) is 6.05. The number of hydrogen-bond acceptors (Lipinski definition) is 6. The van der Waals surface area contributed by atoms with E-state index in [1.54, 1.807) is 16.3 Å². The molecule has 0 atom stereocenters. The second-order valence-corrected chi connectivity index (χ2v) is 6.72. The van der Waals surface area contributed by atoms with E-state index in [-0.39, 0.29) is 0 Å². The third-order valence-electron chi connectivity index (χ3n) is 2.93. The SMILES string of the molecule is Cc1c(/C(CSc2ccc(Cl)cc2)=N\O)sc2ncnn12. The smallest absolute Gasteiger partial charge is 0.212 e. The van der Waals surface area contributed by atoms with Gasteiger partial charge in [0.25, 0.3) is 0 Å². The van der Waals surface area contributed by atoms with Crippen LogP contribution in [0.25, 0.3) is 4.96 Å². The van der Waals surface area contributed by atoms with Crippen LogP contribution in [0.4, 0.5) is 0 Å². The van der Waals surface area contributed by atoms with Crippen LogP contribution in [0.15, 0.2) is 40.6 Å². The second-order valence-electron chi connectivity index (χ2n) is 4.26. The summed E-state index contributed by atoms with van der Waals surface area (Å²) in [7, 11) is 0. The van der Waals surface area contributed by atoms with Gasteiger partial charge in [0.1, 0.15) is 12.0 Å². The molecule has 2 heterocycles. The van der Waals surface area contributed by atoms with Gasteiger partial charge in [-0.2, -0.15) is 5.10 Å². The molecule has 3 aromatic rings. The number of oxime groups is 1. The lowest BCUT2D eigenvalue weighted by molar-refractivity contribution is 0.319. The van der Waals surface area contributed by atoms with Gasteiger partial charge in [0.15, 0.2) is 0 Å². The fourth-order valence-corrected chi connectivity index (χ4v) is 3.95. The van der Waals surface area contributed by atoms with Crippen LogP contribution in [-0.4, -0.2) is 31.3 Å². The van der Waals surface area contributed by atoms with Gasteiger partial charge in [-0.15, -0.1) is 11.8 Å². The Hall–Kier alpha value is -1.57. The average molecular weight is 339 g/mol. The molecule has 8 heteroatoms. The zero-order chi connectivity index (χ0) is 14.8. The minimum atomic E-state index is 0.558. The van der Waals surface area contributed by atoms with Crippen molar-refractivity contribution in [2.45, 2.75) is 11.8 Å². The molecule has 0 aliphatic rings. The lowest BCUT2D eigenvalue weighted by atomic mass is 10.3. The molecular weight excluding hydrogens is 328 g/mol. The van der Waals surface area contributed by atoms with Crippen LogP contribution in [0.1, 0.15) is 10.6 Å².